The molecule has 0 radical (unpaired) electrons. The first-order valence-electron chi connectivity index (χ1n) is 6.13. The van der Waals surface area contributed by atoms with Crippen molar-refractivity contribution in [1.82, 2.24) is 13.9 Å². The number of rotatable bonds is 0. The Bertz CT molecular complexity index is 618. The first-order valence-corrected chi connectivity index (χ1v) is 6.13. The number of nitrogens with zero attached hydrogens (tertiary/aromatic N) is 3. The van der Waals surface area contributed by atoms with Crippen LogP contribution in [0.3, 0.4) is 0 Å². The third-order valence-corrected chi connectivity index (χ3v) is 6.45. The summed E-state index contributed by atoms with van der Waals surface area (Å²) in [5.41, 5.74) is -0.184. The van der Waals surface area contributed by atoms with Crippen LogP contribution in [0.2, 0.25) is 0 Å². The molecule has 4 fully saturated rings. The summed E-state index contributed by atoms with van der Waals surface area (Å²) in [6, 6.07) is 0.771. The summed E-state index contributed by atoms with van der Waals surface area (Å²) in [4.78, 5) is 24.0. The van der Waals surface area contributed by atoms with Gasteiger partial charge in [-0.3, -0.25) is 0 Å². The Morgan fingerprint density at radius 1 is 0.750 bits per heavy atom. The van der Waals surface area contributed by atoms with Gasteiger partial charge in [0.1, 0.15) is 0 Å². The van der Waals surface area contributed by atoms with Gasteiger partial charge in [-0.1, -0.05) is 0 Å². The highest BCUT2D eigenvalue weighted by Crippen LogP contribution is 2.91. The fourth-order valence-electron chi connectivity index (χ4n) is 6.09. The van der Waals surface area contributed by atoms with Crippen molar-refractivity contribution in [2.45, 2.75) is 12.1 Å². The molecule has 16 heavy (non-hydrogen) atoms. The predicted molar refractivity (Wildman–Crippen MR) is 52.9 cm³/mol. The summed E-state index contributed by atoms with van der Waals surface area (Å²) in [7, 11) is 1.60. The maximum Gasteiger partial charge on any atom is 0.347 e. The van der Waals surface area contributed by atoms with E-state index in [2.05, 4.69) is 0 Å². The molecule has 2 aliphatic heterocycles. The van der Waals surface area contributed by atoms with Crippen LogP contribution in [0.5, 0.6) is 0 Å². The van der Waals surface area contributed by atoms with E-state index in [1.807, 2.05) is 0 Å². The van der Waals surface area contributed by atoms with Crippen molar-refractivity contribution in [3.8, 4) is 0 Å². The van der Waals surface area contributed by atoms with Gasteiger partial charge in [0.15, 0.2) is 0 Å². The molecular weight excluding hydrogens is 206 g/mol. The van der Waals surface area contributed by atoms with Gasteiger partial charge in [-0.05, 0) is 35.5 Å². The lowest BCUT2D eigenvalue weighted by atomic mass is 9.16. The molecule has 0 amide bonds. The van der Waals surface area contributed by atoms with Crippen LogP contribution >= 0.6 is 0 Å². The van der Waals surface area contributed by atoms with Gasteiger partial charge >= 0.3 is 11.4 Å². The first kappa shape index (κ1) is 7.14. The van der Waals surface area contributed by atoms with Crippen molar-refractivity contribution in [2.24, 2.45) is 42.6 Å². The molecule has 1 aromatic rings. The van der Waals surface area contributed by atoms with Crippen molar-refractivity contribution in [3.05, 3.63) is 21.0 Å². The quantitative estimate of drug-likeness (QED) is 0.571. The summed E-state index contributed by atoms with van der Waals surface area (Å²) in [5.74, 6) is 4.89. The zero-order valence-electron chi connectivity index (χ0n) is 8.78. The summed E-state index contributed by atoms with van der Waals surface area (Å²) in [6.07, 6.45) is 0. The molecule has 2 bridgehead atoms. The Morgan fingerprint density at radius 3 is 1.50 bits per heavy atom. The first-order chi connectivity index (χ1) is 7.73. The highest BCUT2D eigenvalue weighted by atomic mass is 16.2. The molecule has 7 rings (SSSR count). The van der Waals surface area contributed by atoms with E-state index in [0.717, 1.165) is 35.5 Å². The van der Waals surface area contributed by atoms with Crippen molar-refractivity contribution < 1.29 is 0 Å². The minimum Gasteiger partial charge on any atom is -0.246 e. The van der Waals surface area contributed by atoms with E-state index in [9.17, 15) is 9.59 Å². The zero-order chi connectivity index (χ0) is 10.5. The van der Waals surface area contributed by atoms with Crippen molar-refractivity contribution >= 4 is 0 Å². The average Bonchev–Trinajstić information content (AvgIpc) is 2.44. The second-order valence-corrected chi connectivity index (χ2v) is 6.26. The summed E-state index contributed by atoms with van der Waals surface area (Å²) < 4.78 is 4.87. The van der Waals surface area contributed by atoms with Gasteiger partial charge in [-0.2, -0.15) is 0 Å². The second kappa shape index (κ2) is 1.57. The lowest BCUT2D eigenvalue weighted by molar-refractivity contribution is -0.450. The minimum absolute atomic E-state index is 0.0919. The number of hydrogen-bond acceptors (Lipinski definition) is 2. The van der Waals surface area contributed by atoms with E-state index < -0.39 is 0 Å². The third-order valence-electron chi connectivity index (χ3n) is 6.45. The van der Waals surface area contributed by atoms with E-state index in [1.165, 1.54) is 4.57 Å². The lowest BCUT2D eigenvalue weighted by Gasteiger charge is -2.91. The van der Waals surface area contributed by atoms with Crippen LogP contribution in [-0.4, -0.2) is 13.9 Å². The number of hydrogen-bond donors (Lipinski definition) is 0. The Morgan fingerprint density at radius 2 is 1.12 bits per heavy atom. The Hall–Kier alpha value is -1.26. The molecule has 1 aromatic heterocycles. The molecule has 82 valence electrons. The van der Waals surface area contributed by atoms with E-state index in [1.54, 1.807) is 16.4 Å². The minimum atomic E-state index is -0.0919. The molecule has 4 unspecified atom stereocenters. The van der Waals surface area contributed by atoms with Crippen molar-refractivity contribution in [2.75, 3.05) is 0 Å². The van der Waals surface area contributed by atoms with Crippen LogP contribution in [-0.2, 0) is 7.05 Å². The molecular formula is C11H11N3O2. The van der Waals surface area contributed by atoms with Crippen molar-refractivity contribution in [3.63, 3.8) is 0 Å². The smallest absolute Gasteiger partial charge is 0.246 e. The molecule has 0 saturated heterocycles. The zero-order valence-corrected chi connectivity index (χ0v) is 8.78. The van der Waals surface area contributed by atoms with Crippen molar-refractivity contribution in [1.29, 1.82) is 0 Å². The van der Waals surface area contributed by atoms with Gasteiger partial charge in [0.25, 0.3) is 0 Å². The van der Waals surface area contributed by atoms with Gasteiger partial charge in [0.2, 0.25) is 0 Å². The van der Waals surface area contributed by atoms with E-state index in [0.29, 0.717) is 12.1 Å². The Labute approximate surface area is 90.3 Å². The SMILES string of the molecule is Cn1c(=O)n2n(c1=O)C1C3C4C5C3C2C5C41. The molecule has 0 spiro atoms. The van der Waals surface area contributed by atoms with Gasteiger partial charge < -0.3 is 0 Å². The van der Waals surface area contributed by atoms with Crippen LogP contribution in [0.1, 0.15) is 12.1 Å². The molecule has 4 saturated carbocycles. The largest absolute Gasteiger partial charge is 0.347 e. The molecule has 5 nitrogen and oxygen atoms in total. The van der Waals surface area contributed by atoms with Gasteiger partial charge in [0.05, 0.1) is 12.1 Å². The summed E-state index contributed by atoms with van der Waals surface area (Å²) >= 11 is 0. The molecule has 4 atom stereocenters. The second-order valence-electron chi connectivity index (χ2n) is 6.26. The predicted octanol–water partition coefficient (Wildman–Crippen LogP) is -0.804. The molecule has 0 N–H and O–H groups in total. The maximum absolute atomic E-state index is 12.0. The fraction of sp³-hybridized carbons (Fsp3) is 0.818. The molecule has 6 aliphatic rings. The van der Waals surface area contributed by atoms with Crippen LogP contribution in [0.4, 0.5) is 0 Å². The van der Waals surface area contributed by atoms with Gasteiger partial charge in [-0.15, -0.1) is 0 Å². The van der Waals surface area contributed by atoms with Crippen LogP contribution in [0, 0.1) is 35.5 Å². The highest BCUT2D eigenvalue weighted by Gasteiger charge is 2.90. The topological polar surface area (TPSA) is 48.9 Å². The van der Waals surface area contributed by atoms with E-state index in [4.69, 9.17) is 0 Å². The maximum atomic E-state index is 12.0. The highest BCUT2D eigenvalue weighted by molar-refractivity contribution is 5.37. The monoisotopic (exact) mass is 217 g/mol. The fourth-order valence-corrected chi connectivity index (χ4v) is 6.09. The average molecular weight is 217 g/mol. The van der Waals surface area contributed by atoms with Gasteiger partial charge in [0, 0.05) is 7.05 Å². The van der Waals surface area contributed by atoms with Gasteiger partial charge in [-0.25, -0.2) is 23.5 Å². The lowest BCUT2D eigenvalue weighted by Crippen LogP contribution is -2.91. The summed E-state index contributed by atoms with van der Waals surface area (Å²) in [6.45, 7) is 0. The molecule has 5 heteroatoms. The molecule has 0 aromatic carbocycles. The molecule has 3 heterocycles. The Balaban J connectivity index is 1.81. The van der Waals surface area contributed by atoms with Crippen LogP contribution in [0.15, 0.2) is 9.59 Å². The van der Waals surface area contributed by atoms with E-state index in [-0.39, 0.29) is 11.4 Å². The van der Waals surface area contributed by atoms with Crippen LogP contribution < -0.4 is 11.4 Å². The summed E-state index contributed by atoms with van der Waals surface area (Å²) in [5, 5.41) is 0. The van der Waals surface area contributed by atoms with E-state index >= 15 is 0 Å². The molecule has 4 aliphatic carbocycles. The third kappa shape index (κ3) is 0.351. The normalized spacial score (nSPS) is 60.1. The Kier molecular flexibility index (Phi) is 0.699. The van der Waals surface area contributed by atoms with Crippen LogP contribution in [0.25, 0.3) is 0 Å². The number of aromatic nitrogens is 3. The standard InChI is InChI=1S/C11H11N3O2/c1-12-10(15)13-8-4-2-3-6(4)9(7(3)5(2)8)14(13)11(12)16/h2-9H,1H3.